The molecule has 4 heteroatoms. The molecule has 4 nitrogen and oxygen atoms in total. The van der Waals surface area contributed by atoms with Crippen molar-refractivity contribution >= 4 is 0 Å². The normalized spacial score (nSPS) is 15.4. The van der Waals surface area contributed by atoms with E-state index in [0.717, 1.165) is 17.9 Å². The molecule has 20 heavy (non-hydrogen) atoms. The summed E-state index contributed by atoms with van der Waals surface area (Å²) in [4.78, 5) is 0. The van der Waals surface area contributed by atoms with Gasteiger partial charge in [0.1, 0.15) is 0 Å². The lowest BCUT2D eigenvalue weighted by Gasteiger charge is -2.14. The number of nitrogens with zero attached hydrogens (tertiary/aromatic N) is 1. The Morgan fingerprint density at radius 1 is 1.25 bits per heavy atom. The second-order valence-corrected chi connectivity index (χ2v) is 5.05. The summed E-state index contributed by atoms with van der Waals surface area (Å²) in [6.45, 7) is 3.28. The van der Waals surface area contributed by atoms with Gasteiger partial charge < -0.3 is 9.47 Å². The average molecular weight is 274 g/mol. The zero-order valence-electron chi connectivity index (χ0n) is 12.0. The molecule has 108 valence electrons. The topological polar surface area (TPSA) is 54.3 Å². The standard InChI is InChI=1S/C16H22N2O2/c1-2-10-19-15-5-3-4-6-16(15)20-11-9-14(12-17)18-13-7-8-13/h3-6,13-14,18H,2,7-11H2,1H3. The lowest BCUT2D eigenvalue weighted by atomic mass is 10.2. The van der Waals surface area contributed by atoms with Crippen molar-refractivity contribution < 1.29 is 9.47 Å². The Morgan fingerprint density at radius 3 is 2.45 bits per heavy atom. The first-order valence-electron chi connectivity index (χ1n) is 7.33. The van der Waals surface area contributed by atoms with Gasteiger partial charge in [-0.05, 0) is 31.4 Å². The Labute approximate surface area is 120 Å². The summed E-state index contributed by atoms with van der Waals surface area (Å²) < 4.78 is 11.4. The van der Waals surface area contributed by atoms with Gasteiger partial charge in [-0.2, -0.15) is 5.26 Å². The molecular formula is C16H22N2O2. The van der Waals surface area contributed by atoms with Crippen molar-refractivity contribution in [3.63, 3.8) is 0 Å². The highest BCUT2D eigenvalue weighted by molar-refractivity contribution is 5.39. The van der Waals surface area contributed by atoms with E-state index < -0.39 is 0 Å². The summed E-state index contributed by atoms with van der Waals surface area (Å²) in [5, 5.41) is 12.4. The second-order valence-electron chi connectivity index (χ2n) is 5.05. The quantitative estimate of drug-likeness (QED) is 0.752. The molecule has 1 aromatic carbocycles. The molecule has 0 radical (unpaired) electrons. The van der Waals surface area contributed by atoms with Gasteiger partial charge >= 0.3 is 0 Å². The Kier molecular flexibility index (Phi) is 5.69. The number of nitriles is 1. The van der Waals surface area contributed by atoms with Crippen LogP contribution < -0.4 is 14.8 Å². The summed E-state index contributed by atoms with van der Waals surface area (Å²) >= 11 is 0. The van der Waals surface area contributed by atoms with Gasteiger partial charge in [0.15, 0.2) is 11.5 Å². The molecule has 1 atom stereocenters. The smallest absolute Gasteiger partial charge is 0.161 e. The van der Waals surface area contributed by atoms with Crippen LogP contribution in [0.15, 0.2) is 24.3 Å². The molecule has 0 spiro atoms. The van der Waals surface area contributed by atoms with Crippen LogP contribution in [-0.2, 0) is 0 Å². The highest BCUT2D eigenvalue weighted by Gasteiger charge is 2.24. The Morgan fingerprint density at radius 2 is 1.90 bits per heavy atom. The highest BCUT2D eigenvalue weighted by atomic mass is 16.5. The van der Waals surface area contributed by atoms with Crippen LogP contribution in [0.2, 0.25) is 0 Å². The molecule has 1 aromatic rings. The van der Waals surface area contributed by atoms with Gasteiger partial charge in [-0.3, -0.25) is 5.32 Å². The fraction of sp³-hybridized carbons (Fsp3) is 0.562. The van der Waals surface area contributed by atoms with E-state index in [1.807, 2.05) is 24.3 Å². The van der Waals surface area contributed by atoms with E-state index in [1.165, 1.54) is 12.8 Å². The van der Waals surface area contributed by atoms with Crippen LogP contribution in [-0.4, -0.2) is 25.3 Å². The SMILES string of the molecule is CCCOc1ccccc1OCCC(C#N)NC1CC1. The van der Waals surface area contributed by atoms with Crippen molar-refractivity contribution in [2.75, 3.05) is 13.2 Å². The summed E-state index contributed by atoms with van der Waals surface area (Å²) in [6, 6.07) is 10.4. The van der Waals surface area contributed by atoms with Crippen molar-refractivity contribution in [1.29, 1.82) is 5.26 Å². The van der Waals surface area contributed by atoms with Crippen molar-refractivity contribution in [3.8, 4) is 17.6 Å². The molecule has 0 bridgehead atoms. The summed E-state index contributed by atoms with van der Waals surface area (Å²) in [7, 11) is 0. The maximum absolute atomic E-state index is 9.08. The summed E-state index contributed by atoms with van der Waals surface area (Å²) in [6.07, 6.45) is 4.03. The van der Waals surface area contributed by atoms with E-state index in [9.17, 15) is 0 Å². The van der Waals surface area contributed by atoms with Crippen molar-refractivity contribution in [3.05, 3.63) is 24.3 Å². The Hall–Kier alpha value is -1.73. The molecule has 0 amide bonds. The summed E-state index contributed by atoms with van der Waals surface area (Å²) in [5.41, 5.74) is 0. The molecular weight excluding hydrogens is 252 g/mol. The van der Waals surface area contributed by atoms with E-state index in [-0.39, 0.29) is 6.04 Å². The predicted octanol–water partition coefficient (Wildman–Crippen LogP) is 2.89. The molecule has 1 fully saturated rings. The van der Waals surface area contributed by atoms with Crippen LogP contribution in [0.3, 0.4) is 0 Å². The number of para-hydroxylation sites is 2. The van der Waals surface area contributed by atoms with Crippen LogP contribution in [0.25, 0.3) is 0 Å². The molecule has 0 aromatic heterocycles. The van der Waals surface area contributed by atoms with Gasteiger partial charge in [-0.1, -0.05) is 19.1 Å². The molecule has 0 saturated heterocycles. The lowest BCUT2D eigenvalue weighted by Crippen LogP contribution is -2.31. The minimum atomic E-state index is -0.119. The third-order valence-corrected chi connectivity index (χ3v) is 3.15. The van der Waals surface area contributed by atoms with Gasteiger partial charge in [-0.25, -0.2) is 0 Å². The third kappa shape index (κ3) is 4.75. The molecule has 0 aliphatic heterocycles. The number of hydrogen-bond acceptors (Lipinski definition) is 4. The molecule has 1 N–H and O–H groups in total. The molecule has 1 aliphatic rings. The maximum atomic E-state index is 9.08. The van der Waals surface area contributed by atoms with E-state index >= 15 is 0 Å². The predicted molar refractivity (Wildman–Crippen MR) is 77.9 cm³/mol. The number of hydrogen-bond donors (Lipinski definition) is 1. The minimum absolute atomic E-state index is 0.119. The van der Waals surface area contributed by atoms with Gasteiger partial charge in [-0.15, -0.1) is 0 Å². The maximum Gasteiger partial charge on any atom is 0.161 e. The van der Waals surface area contributed by atoms with Crippen LogP contribution in [0.4, 0.5) is 0 Å². The second kappa shape index (κ2) is 7.76. The molecule has 0 heterocycles. The van der Waals surface area contributed by atoms with Crippen molar-refractivity contribution in [2.45, 2.75) is 44.7 Å². The minimum Gasteiger partial charge on any atom is -0.490 e. The first-order valence-corrected chi connectivity index (χ1v) is 7.33. The Balaban J connectivity index is 1.79. The van der Waals surface area contributed by atoms with Crippen LogP contribution in [0.5, 0.6) is 11.5 Å². The number of benzene rings is 1. The monoisotopic (exact) mass is 274 g/mol. The van der Waals surface area contributed by atoms with Crippen molar-refractivity contribution in [2.24, 2.45) is 0 Å². The van der Waals surface area contributed by atoms with E-state index in [4.69, 9.17) is 14.7 Å². The van der Waals surface area contributed by atoms with E-state index in [0.29, 0.717) is 25.7 Å². The zero-order chi connectivity index (χ0) is 14.2. The lowest BCUT2D eigenvalue weighted by molar-refractivity contribution is 0.260. The molecule has 1 aliphatic carbocycles. The Bertz CT molecular complexity index is 452. The van der Waals surface area contributed by atoms with Gasteiger partial charge in [0.05, 0.1) is 25.3 Å². The zero-order valence-corrected chi connectivity index (χ0v) is 12.0. The fourth-order valence-electron chi connectivity index (χ4n) is 1.91. The largest absolute Gasteiger partial charge is 0.490 e. The van der Waals surface area contributed by atoms with E-state index in [1.54, 1.807) is 0 Å². The number of rotatable bonds is 9. The first-order chi connectivity index (χ1) is 9.83. The third-order valence-electron chi connectivity index (χ3n) is 3.15. The fourth-order valence-corrected chi connectivity index (χ4v) is 1.91. The van der Waals surface area contributed by atoms with Crippen LogP contribution >= 0.6 is 0 Å². The van der Waals surface area contributed by atoms with Gasteiger partial charge in [0, 0.05) is 12.5 Å². The molecule has 1 saturated carbocycles. The van der Waals surface area contributed by atoms with Crippen molar-refractivity contribution in [1.82, 2.24) is 5.32 Å². The molecule has 2 rings (SSSR count). The van der Waals surface area contributed by atoms with Gasteiger partial charge in [0.25, 0.3) is 0 Å². The van der Waals surface area contributed by atoms with Crippen LogP contribution in [0.1, 0.15) is 32.6 Å². The summed E-state index contributed by atoms with van der Waals surface area (Å²) in [5.74, 6) is 1.53. The highest BCUT2D eigenvalue weighted by Crippen LogP contribution is 2.27. The first kappa shape index (κ1) is 14.7. The van der Waals surface area contributed by atoms with E-state index in [2.05, 4.69) is 18.3 Å². The molecule has 1 unspecified atom stereocenters. The van der Waals surface area contributed by atoms with Crippen LogP contribution in [0, 0.1) is 11.3 Å². The number of ether oxygens (including phenoxy) is 2. The van der Waals surface area contributed by atoms with Gasteiger partial charge in [0.2, 0.25) is 0 Å². The number of nitrogens with one attached hydrogen (secondary N) is 1. The average Bonchev–Trinajstić information content (AvgIpc) is 3.29.